The van der Waals surface area contributed by atoms with Crippen molar-refractivity contribution in [3.8, 4) is 22.9 Å². The van der Waals surface area contributed by atoms with Crippen molar-refractivity contribution in [2.24, 2.45) is 5.73 Å². The van der Waals surface area contributed by atoms with Crippen LogP contribution in [0, 0.1) is 0 Å². The van der Waals surface area contributed by atoms with Gasteiger partial charge >= 0.3 is 6.03 Å². The van der Waals surface area contributed by atoms with Gasteiger partial charge in [0.15, 0.2) is 0 Å². The molecule has 0 aliphatic rings. The standard InChI is InChI=1S/C28H31N5O4/c1-28(2,3)25-19-26(33(31-25)21-6-4-7-24(18-21)36-17-5-16-34)32(27(29)35)20-8-10-22(11-9-20)37-23-12-14-30-15-13-23/h4,6-15,18-19,34H,5,16-17H2,1-3H3,(H2,29,35). The van der Waals surface area contributed by atoms with Crippen LogP contribution in [0.4, 0.5) is 16.3 Å². The number of aliphatic hydroxyl groups excluding tert-OH is 1. The maximum absolute atomic E-state index is 12.8. The summed E-state index contributed by atoms with van der Waals surface area (Å²) in [5.74, 6) is 2.39. The summed E-state index contributed by atoms with van der Waals surface area (Å²) in [6, 6.07) is 19.2. The highest BCUT2D eigenvalue weighted by atomic mass is 16.5. The van der Waals surface area contributed by atoms with Gasteiger partial charge in [0.25, 0.3) is 0 Å². The fourth-order valence-corrected chi connectivity index (χ4v) is 3.62. The molecule has 0 aliphatic carbocycles. The molecule has 2 amide bonds. The van der Waals surface area contributed by atoms with Crippen molar-refractivity contribution in [3.05, 3.63) is 84.8 Å². The number of rotatable bonds is 9. The Morgan fingerprint density at radius 1 is 1.00 bits per heavy atom. The number of hydrogen-bond acceptors (Lipinski definition) is 6. The number of primary amides is 1. The van der Waals surface area contributed by atoms with Crippen molar-refractivity contribution in [1.29, 1.82) is 0 Å². The summed E-state index contributed by atoms with van der Waals surface area (Å²) in [4.78, 5) is 18.2. The summed E-state index contributed by atoms with van der Waals surface area (Å²) in [6.07, 6.45) is 3.83. The molecule has 9 nitrogen and oxygen atoms in total. The number of nitrogens with two attached hydrogens (primary N) is 1. The number of carbonyl (C=O) groups excluding carboxylic acids is 1. The van der Waals surface area contributed by atoms with Crippen LogP contribution >= 0.6 is 0 Å². The predicted octanol–water partition coefficient (Wildman–Crippen LogP) is 5.34. The molecule has 2 aromatic heterocycles. The third-order valence-corrected chi connectivity index (χ3v) is 5.52. The number of aromatic nitrogens is 3. The lowest BCUT2D eigenvalue weighted by atomic mass is 9.92. The van der Waals surface area contributed by atoms with E-state index in [1.54, 1.807) is 53.5 Å². The van der Waals surface area contributed by atoms with Crippen LogP contribution in [0.1, 0.15) is 32.9 Å². The molecule has 0 unspecified atom stereocenters. The van der Waals surface area contributed by atoms with Gasteiger partial charge in [-0.05, 0) is 48.5 Å². The number of amides is 2. The Bertz CT molecular complexity index is 1330. The predicted molar refractivity (Wildman–Crippen MR) is 142 cm³/mol. The van der Waals surface area contributed by atoms with Crippen LogP contribution in [-0.4, -0.2) is 39.1 Å². The van der Waals surface area contributed by atoms with Crippen LogP contribution in [0.15, 0.2) is 79.1 Å². The summed E-state index contributed by atoms with van der Waals surface area (Å²) < 4.78 is 13.3. The van der Waals surface area contributed by atoms with E-state index in [2.05, 4.69) is 25.8 Å². The highest BCUT2D eigenvalue weighted by Gasteiger charge is 2.26. The van der Waals surface area contributed by atoms with Crippen molar-refractivity contribution in [2.45, 2.75) is 32.6 Å². The average molecular weight is 502 g/mol. The van der Waals surface area contributed by atoms with E-state index >= 15 is 0 Å². The monoisotopic (exact) mass is 501 g/mol. The zero-order valence-corrected chi connectivity index (χ0v) is 21.2. The summed E-state index contributed by atoms with van der Waals surface area (Å²) in [7, 11) is 0. The fraction of sp³-hybridized carbons (Fsp3) is 0.250. The van der Waals surface area contributed by atoms with Gasteiger partial charge in [-0.15, -0.1) is 0 Å². The second kappa shape index (κ2) is 11.1. The quantitative estimate of drug-likeness (QED) is 0.299. The maximum atomic E-state index is 12.8. The number of ether oxygens (including phenoxy) is 2. The molecule has 0 aliphatic heterocycles. The Morgan fingerprint density at radius 3 is 2.35 bits per heavy atom. The molecule has 0 bridgehead atoms. The van der Waals surface area contributed by atoms with Crippen LogP contribution in [0.3, 0.4) is 0 Å². The van der Waals surface area contributed by atoms with Crippen molar-refractivity contribution in [2.75, 3.05) is 18.1 Å². The van der Waals surface area contributed by atoms with Crippen LogP contribution in [0.5, 0.6) is 17.2 Å². The Morgan fingerprint density at radius 2 is 1.70 bits per heavy atom. The van der Waals surface area contributed by atoms with Crippen LogP contribution in [0.2, 0.25) is 0 Å². The fourth-order valence-electron chi connectivity index (χ4n) is 3.62. The number of benzene rings is 2. The third kappa shape index (κ3) is 6.25. The SMILES string of the molecule is CC(C)(C)c1cc(N(C(N)=O)c2ccc(Oc3ccncc3)cc2)n(-c2cccc(OCCCO)c2)n1. The lowest BCUT2D eigenvalue weighted by Gasteiger charge is -2.22. The summed E-state index contributed by atoms with van der Waals surface area (Å²) in [5, 5.41) is 13.9. The minimum Gasteiger partial charge on any atom is -0.493 e. The van der Waals surface area contributed by atoms with Gasteiger partial charge in [0.1, 0.15) is 23.1 Å². The highest BCUT2D eigenvalue weighted by Crippen LogP contribution is 2.34. The Balaban J connectivity index is 1.72. The topological polar surface area (TPSA) is 116 Å². The van der Waals surface area contributed by atoms with E-state index in [4.69, 9.17) is 25.4 Å². The molecule has 0 saturated carbocycles. The molecular formula is C28H31N5O4. The van der Waals surface area contributed by atoms with E-state index in [9.17, 15) is 4.79 Å². The molecule has 2 heterocycles. The van der Waals surface area contributed by atoms with E-state index in [1.807, 2.05) is 30.3 Å². The molecule has 0 atom stereocenters. The van der Waals surface area contributed by atoms with E-state index in [1.165, 1.54) is 4.90 Å². The van der Waals surface area contributed by atoms with Gasteiger partial charge in [-0.1, -0.05) is 26.8 Å². The molecule has 0 radical (unpaired) electrons. The number of nitrogens with zero attached hydrogens (tertiary/aromatic N) is 4. The normalized spacial score (nSPS) is 11.2. The van der Waals surface area contributed by atoms with Gasteiger partial charge < -0.3 is 20.3 Å². The Labute approximate surface area is 216 Å². The van der Waals surface area contributed by atoms with E-state index in [0.717, 1.165) is 5.69 Å². The summed E-state index contributed by atoms with van der Waals surface area (Å²) in [5.41, 5.74) is 7.68. The first kappa shape index (κ1) is 25.7. The molecule has 4 rings (SSSR count). The highest BCUT2D eigenvalue weighted by molar-refractivity contribution is 5.98. The zero-order chi connectivity index (χ0) is 26.4. The van der Waals surface area contributed by atoms with Crippen molar-refractivity contribution >= 4 is 17.5 Å². The number of anilines is 2. The second-order valence-corrected chi connectivity index (χ2v) is 9.43. The van der Waals surface area contributed by atoms with Gasteiger partial charge in [-0.3, -0.25) is 4.98 Å². The summed E-state index contributed by atoms with van der Waals surface area (Å²) in [6.45, 7) is 6.60. The molecule has 2 aromatic carbocycles. The van der Waals surface area contributed by atoms with Crippen molar-refractivity contribution in [1.82, 2.24) is 14.8 Å². The van der Waals surface area contributed by atoms with Gasteiger partial charge in [-0.2, -0.15) is 5.10 Å². The van der Waals surface area contributed by atoms with E-state index in [-0.39, 0.29) is 12.0 Å². The zero-order valence-electron chi connectivity index (χ0n) is 21.2. The first-order chi connectivity index (χ1) is 17.8. The van der Waals surface area contributed by atoms with Crippen molar-refractivity contribution < 1.29 is 19.4 Å². The minimum atomic E-state index is -0.653. The van der Waals surface area contributed by atoms with E-state index in [0.29, 0.717) is 47.5 Å². The average Bonchev–Trinajstić information content (AvgIpc) is 3.32. The number of hydrogen-bond donors (Lipinski definition) is 2. The number of pyridine rings is 1. The van der Waals surface area contributed by atoms with E-state index < -0.39 is 6.03 Å². The lowest BCUT2D eigenvalue weighted by Crippen LogP contribution is -2.33. The molecule has 192 valence electrons. The Kier molecular flexibility index (Phi) is 7.74. The van der Waals surface area contributed by atoms with Crippen LogP contribution in [0.25, 0.3) is 5.69 Å². The van der Waals surface area contributed by atoms with Gasteiger partial charge in [0, 0.05) is 43.0 Å². The molecule has 37 heavy (non-hydrogen) atoms. The van der Waals surface area contributed by atoms with Gasteiger partial charge in [-0.25, -0.2) is 14.4 Å². The molecular weight excluding hydrogens is 470 g/mol. The number of carbonyl (C=O) groups is 1. The number of urea groups is 1. The second-order valence-electron chi connectivity index (χ2n) is 9.43. The maximum Gasteiger partial charge on any atom is 0.325 e. The minimum absolute atomic E-state index is 0.0535. The lowest BCUT2D eigenvalue weighted by molar-refractivity contribution is 0.233. The molecule has 4 aromatic rings. The Hall–Kier alpha value is -4.37. The van der Waals surface area contributed by atoms with Crippen molar-refractivity contribution in [3.63, 3.8) is 0 Å². The third-order valence-electron chi connectivity index (χ3n) is 5.52. The molecule has 0 spiro atoms. The largest absolute Gasteiger partial charge is 0.493 e. The van der Waals surface area contributed by atoms with Gasteiger partial charge in [0.05, 0.1) is 23.7 Å². The van der Waals surface area contributed by atoms with Gasteiger partial charge in [0.2, 0.25) is 0 Å². The smallest absolute Gasteiger partial charge is 0.325 e. The van der Waals surface area contributed by atoms with Crippen LogP contribution in [-0.2, 0) is 5.41 Å². The number of aliphatic hydroxyl groups is 1. The molecule has 9 heteroatoms. The molecule has 0 saturated heterocycles. The molecule has 0 fully saturated rings. The first-order valence-electron chi connectivity index (χ1n) is 12.0. The molecule has 3 N–H and O–H groups in total. The van der Waals surface area contributed by atoms with Crippen LogP contribution < -0.4 is 20.1 Å². The first-order valence-corrected chi connectivity index (χ1v) is 12.0. The summed E-state index contributed by atoms with van der Waals surface area (Å²) >= 11 is 0.